The quantitative estimate of drug-likeness (QED) is 0.252. The number of ketones is 1. The fraction of sp³-hybridized carbons (Fsp3) is 0.812. The second kappa shape index (κ2) is 10.2. The van der Waals surface area contributed by atoms with Gasteiger partial charge in [0.25, 0.3) is 0 Å². The minimum absolute atomic E-state index is 0.0266. The number of aliphatic hydroxyl groups is 1. The third-order valence-electron chi connectivity index (χ3n) is 11.4. The molecule has 0 amide bonds. The number of carbonyl (C=O) groups excluding carboxylic acids is 2. The van der Waals surface area contributed by atoms with E-state index >= 15 is 0 Å². The van der Waals surface area contributed by atoms with Crippen molar-refractivity contribution in [3.05, 3.63) is 23.8 Å². The van der Waals surface area contributed by atoms with Gasteiger partial charge in [0.1, 0.15) is 6.10 Å². The molecule has 0 aromatic heterocycles. The number of hydrogen-bond acceptors (Lipinski definition) is 6. The highest BCUT2D eigenvalue weighted by atomic mass is 16.7. The van der Waals surface area contributed by atoms with Crippen molar-refractivity contribution in [3.8, 4) is 0 Å². The van der Waals surface area contributed by atoms with Crippen molar-refractivity contribution in [2.45, 2.75) is 104 Å². The molecule has 3 saturated carbocycles. The monoisotopic (exact) mass is 530 g/mol. The van der Waals surface area contributed by atoms with Gasteiger partial charge in [-0.1, -0.05) is 45.4 Å². The van der Waals surface area contributed by atoms with E-state index in [0.717, 1.165) is 25.7 Å². The molecule has 4 rings (SSSR count). The van der Waals surface area contributed by atoms with Gasteiger partial charge in [-0.3, -0.25) is 9.59 Å². The van der Waals surface area contributed by atoms with Gasteiger partial charge in [-0.2, -0.15) is 0 Å². The van der Waals surface area contributed by atoms with E-state index in [2.05, 4.69) is 32.9 Å². The van der Waals surface area contributed by atoms with Crippen LogP contribution in [0.5, 0.6) is 0 Å². The molecule has 0 aromatic rings. The Hall–Kier alpha value is -1.50. The van der Waals surface area contributed by atoms with Crippen LogP contribution in [-0.2, 0) is 23.8 Å². The molecule has 0 heterocycles. The third kappa shape index (κ3) is 4.83. The summed E-state index contributed by atoms with van der Waals surface area (Å²) in [5, 5.41) is 10.4. The maximum absolute atomic E-state index is 13.8. The van der Waals surface area contributed by atoms with Crippen LogP contribution in [0.2, 0.25) is 0 Å². The topological polar surface area (TPSA) is 82.1 Å². The van der Waals surface area contributed by atoms with Gasteiger partial charge >= 0.3 is 5.97 Å². The van der Waals surface area contributed by atoms with E-state index < -0.39 is 11.4 Å². The molecule has 4 aliphatic carbocycles. The van der Waals surface area contributed by atoms with Gasteiger partial charge in [-0.05, 0) is 74.2 Å². The zero-order valence-corrected chi connectivity index (χ0v) is 25.0. The first kappa shape index (κ1) is 29.5. The summed E-state index contributed by atoms with van der Waals surface area (Å²) in [6.07, 6.45) is 11.0. The van der Waals surface area contributed by atoms with Gasteiger partial charge in [0, 0.05) is 51.7 Å². The molecular weight excluding hydrogens is 480 g/mol. The zero-order chi connectivity index (χ0) is 28.3. The van der Waals surface area contributed by atoms with Gasteiger partial charge < -0.3 is 19.3 Å². The highest BCUT2D eigenvalue weighted by Crippen LogP contribution is 2.67. The van der Waals surface area contributed by atoms with E-state index in [0.29, 0.717) is 30.6 Å². The molecule has 3 fully saturated rings. The van der Waals surface area contributed by atoms with Crippen LogP contribution in [0.4, 0.5) is 0 Å². The first-order chi connectivity index (χ1) is 17.6. The second-order valence-electron chi connectivity index (χ2n) is 13.9. The van der Waals surface area contributed by atoms with E-state index in [1.165, 1.54) is 12.5 Å². The number of carbonyl (C=O) groups is 2. The molecule has 4 aliphatic rings. The van der Waals surface area contributed by atoms with Crippen molar-refractivity contribution in [2.24, 2.45) is 46.3 Å². The Labute approximate surface area is 229 Å². The van der Waals surface area contributed by atoms with Crippen molar-refractivity contribution < 1.29 is 28.9 Å². The molecule has 0 aliphatic heterocycles. The van der Waals surface area contributed by atoms with E-state index in [1.54, 1.807) is 14.2 Å². The first-order valence-corrected chi connectivity index (χ1v) is 14.6. The van der Waals surface area contributed by atoms with E-state index in [1.807, 2.05) is 26.8 Å². The van der Waals surface area contributed by atoms with Gasteiger partial charge in [0.2, 0.25) is 0 Å². The Morgan fingerprint density at radius 1 is 1.05 bits per heavy atom. The smallest absolute Gasteiger partial charge is 0.302 e. The summed E-state index contributed by atoms with van der Waals surface area (Å²) < 4.78 is 17.7. The van der Waals surface area contributed by atoms with Crippen LogP contribution in [0.3, 0.4) is 0 Å². The molecular formula is C32H50O6. The number of hydrogen-bond donors (Lipinski definition) is 1. The largest absolute Gasteiger partial charge is 0.462 e. The molecule has 0 bridgehead atoms. The number of allylic oxidation sites excluding steroid dienone is 2. The van der Waals surface area contributed by atoms with Gasteiger partial charge in [-0.15, -0.1) is 0 Å². The molecule has 0 unspecified atom stereocenters. The normalized spacial score (nSPS) is 40.1. The number of esters is 1. The first-order valence-electron chi connectivity index (χ1n) is 14.6. The van der Waals surface area contributed by atoms with Crippen LogP contribution in [0, 0.1) is 46.3 Å². The summed E-state index contributed by atoms with van der Waals surface area (Å²) in [6.45, 7) is 14.1. The molecule has 0 saturated heterocycles. The molecule has 38 heavy (non-hydrogen) atoms. The Kier molecular flexibility index (Phi) is 7.88. The maximum Gasteiger partial charge on any atom is 0.302 e. The van der Waals surface area contributed by atoms with E-state index in [4.69, 9.17) is 14.2 Å². The summed E-state index contributed by atoms with van der Waals surface area (Å²) in [5.74, 6) is 0.0231. The predicted octanol–water partition coefficient (Wildman–Crippen LogP) is 5.87. The molecule has 0 aromatic carbocycles. The highest BCUT2D eigenvalue weighted by molar-refractivity contribution is 5.94. The van der Waals surface area contributed by atoms with Gasteiger partial charge in [-0.25, -0.2) is 0 Å². The van der Waals surface area contributed by atoms with E-state index in [-0.39, 0.29) is 46.4 Å². The number of rotatable bonds is 7. The highest BCUT2D eigenvalue weighted by Gasteiger charge is 2.64. The number of fused-ring (bicyclic) bond motifs is 5. The van der Waals surface area contributed by atoms with Crippen molar-refractivity contribution in [3.63, 3.8) is 0 Å². The van der Waals surface area contributed by atoms with Crippen molar-refractivity contribution in [1.29, 1.82) is 0 Å². The summed E-state index contributed by atoms with van der Waals surface area (Å²) in [7, 11) is 3.32. The standard InChI is InChI=1S/C32H50O6/c1-19(10-11-20(2)29(4,5)35)23-12-13-24-22-16-26(34)25-17-32(36-8,37-9)15-14-30(25,6)28(22)27(38-21(3)33)18-31(23,24)7/h10-11,16,19-20,23-25,27-28,35H,12-15,17-18H2,1-9H3/b11-10+/t19-,20+,23-,24+,25-,27-,28-,30+,31-/m1/s1. The van der Waals surface area contributed by atoms with Crippen LogP contribution in [0.1, 0.15) is 87.0 Å². The van der Waals surface area contributed by atoms with Crippen LogP contribution >= 0.6 is 0 Å². The Balaban J connectivity index is 1.71. The van der Waals surface area contributed by atoms with Crippen molar-refractivity contribution in [1.82, 2.24) is 0 Å². The summed E-state index contributed by atoms with van der Waals surface area (Å²) in [6, 6.07) is 0. The molecule has 214 valence electrons. The lowest BCUT2D eigenvalue weighted by Crippen LogP contribution is -2.60. The average Bonchev–Trinajstić information content (AvgIpc) is 3.18. The second-order valence-corrected chi connectivity index (χ2v) is 13.9. The van der Waals surface area contributed by atoms with Crippen molar-refractivity contribution in [2.75, 3.05) is 14.2 Å². The summed E-state index contributed by atoms with van der Waals surface area (Å²) in [5.41, 5.74) is 0.0546. The third-order valence-corrected chi connectivity index (χ3v) is 11.4. The fourth-order valence-corrected chi connectivity index (χ4v) is 8.78. The molecule has 0 radical (unpaired) electrons. The zero-order valence-electron chi connectivity index (χ0n) is 25.0. The van der Waals surface area contributed by atoms with E-state index in [9.17, 15) is 14.7 Å². The van der Waals surface area contributed by atoms with Crippen LogP contribution in [-0.4, -0.2) is 48.6 Å². The Morgan fingerprint density at radius 3 is 2.29 bits per heavy atom. The lowest BCUT2D eigenvalue weighted by atomic mass is 9.46. The molecule has 6 heteroatoms. The lowest BCUT2D eigenvalue weighted by molar-refractivity contribution is -0.252. The maximum atomic E-state index is 13.8. The van der Waals surface area contributed by atoms with Gasteiger partial charge in [0.15, 0.2) is 11.6 Å². The van der Waals surface area contributed by atoms with Crippen LogP contribution in [0.25, 0.3) is 0 Å². The lowest BCUT2D eigenvalue weighted by Gasteiger charge is -2.60. The Bertz CT molecular complexity index is 986. The number of methoxy groups -OCH3 is 2. The summed E-state index contributed by atoms with van der Waals surface area (Å²) in [4.78, 5) is 26.2. The predicted molar refractivity (Wildman–Crippen MR) is 147 cm³/mol. The molecule has 6 nitrogen and oxygen atoms in total. The van der Waals surface area contributed by atoms with Crippen LogP contribution < -0.4 is 0 Å². The summed E-state index contributed by atoms with van der Waals surface area (Å²) >= 11 is 0. The van der Waals surface area contributed by atoms with Gasteiger partial charge in [0.05, 0.1) is 5.60 Å². The average molecular weight is 531 g/mol. The number of ether oxygens (including phenoxy) is 3. The minimum Gasteiger partial charge on any atom is -0.462 e. The molecule has 9 atom stereocenters. The molecule has 1 N–H and O–H groups in total. The van der Waals surface area contributed by atoms with Crippen molar-refractivity contribution >= 4 is 11.8 Å². The minimum atomic E-state index is -0.765. The van der Waals surface area contributed by atoms with Crippen LogP contribution in [0.15, 0.2) is 23.8 Å². The Morgan fingerprint density at radius 2 is 1.71 bits per heavy atom. The SMILES string of the molecule is COC1(OC)CC[C@@]2(C)[C@H](C1)C(=O)C=C1[C@@H]2[C@H](OC(C)=O)C[C@]2(C)[C@@H]([C@H](C)/C=C/[C@H](C)C(C)(C)O)CC[C@@H]12. The fourth-order valence-electron chi connectivity index (χ4n) is 8.78. The molecule has 0 spiro atoms.